The molecule has 0 aromatic heterocycles. The lowest BCUT2D eigenvalue weighted by molar-refractivity contribution is 0.569. The largest absolute Gasteiger partial charge is 0.309 e. The molecule has 1 nitrogen and oxygen atoms in total. The van der Waals surface area contributed by atoms with E-state index in [1.807, 2.05) is 0 Å². The van der Waals surface area contributed by atoms with Crippen molar-refractivity contribution < 1.29 is 8.78 Å². The lowest BCUT2D eigenvalue weighted by Gasteiger charge is -2.19. The molecule has 0 aliphatic heterocycles. The quantitative estimate of drug-likeness (QED) is 0.793. The molecular formula is C14H11Br2F2N. The van der Waals surface area contributed by atoms with Gasteiger partial charge in [-0.05, 0) is 46.7 Å². The number of rotatable bonds is 3. The van der Waals surface area contributed by atoms with Crippen LogP contribution in [0.15, 0.2) is 45.3 Å². The maximum absolute atomic E-state index is 14.2. The molecule has 2 aromatic rings. The molecule has 0 saturated carbocycles. The minimum absolute atomic E-state index is 0.321. The van der Waals surface area contributed by atoms with Gasteiger partial charge in [0.25, 0.3) is 0 Å². The smallest absolute Gasteiger partial charge is 0.142 e. The highest BCUT2D eigenvalue weighted by atomic mass is 79.9. The van der Waals surface area contributed by atoms with Crippen LogP contribution in [-0.2, 0) is 0 Å². The minimum Gasteiger partial charge on any atom is -0.309 e. The second-order valence-corrected chi connectivity index (χ2v) is 5.74. The maximum Gasteiger partial charge on any atom is 0.142 e. The number of benzene rings is 2. The maximum atomic E-state index is 14.2. The zero-order valence-electron chi connectivity index (χ0n) is 10.1. The lowest BCUT2D eigenvalue weighted by Crippen LogP contribution is -2.19. The zero-order valence-corrected chi connectivity index (χ0v) is 13.2. The van der Waals surface area contributed by atoms with Crippen LogP contribution in [0.5, 0.6) is 0 Å². The molecule has 0 aliphatic rings. The van der Waals surface area contributed by atoms with Crippen LogP contribution in [0.2, 0.25) is 0 Å². The first kappa shape index (κ1) is 14.6. The molecule has 0 bridgehead atoms. The van der Waals surface area contributed by atoms with Gasteiger partial charge in [-0.15, -0.1) is 0 Å². The summed E-state index contributed by atoms with van der Waals surface area (Å²) in [6.07, 6.45) is 0. The Morgan fingerprint density at radius 2 is 1.74 bits per heavy atom. The predicted octanol–water partition coefficient (Wildman–Crippen LogP) is 4.80. The monoisotopic (exact) mass is 389 g/mol. The van der Waals surface area contributed by atoms with Gasteiger partial charge in [0.2, 0.25) is 0 Å². The molecule has 0 spiro atoms. The van der Waals surface area contributed by atoms with E-state index in [4.69, 9.17) is 0 Å². The number of nitrogens with one attached hydrogen (secondary N) is 1. The van der Waals surface area contributed by atoms with Crippen molar-refractivity contribution in [3.63, 3.8) is 0 Å². The van der Waals surface area contributed by atoms with Gasteiger partial charge in [-0.25, -0.2) is 8.78 Å². The first-order chi connectivity index (χ1) is 9.04. The summed E-state index contributed by atoms with van der Waals surface area (Å²) < 4.78 is 28.3. The third-order valence-corrected chi connectivity index (χ3v) is 4.15. The van der Waals surface area contributed by atoms with Crippen molar-refractivity contribution in [1.29, 1.82) is 0 Å². The Morgan fingerprint density at radius 3 is 2.37 bits per heavy atom. The van der Waals surface area contributed by atoms with Crippen LogP contribution in [0.25, 0.3) is 0 Å². The Labute approximate surface area is 127 Å². The molecule has 0 amide bonds. The minimum atomic E-state index is -0.354. The second-order valence-electron chi connectivity index (χ2n) is 4.03. The van der Waals surface area contributed by atoms with Gasteiger partial charge in [0.1, 0.15) is 11.6 Å². The summed E-state index contributed by atoms with van der Waals surface area (Å²) in [4.78, 5) is 0. The van der Waals surface area contributed by atoms with Crippen molar-refractivity contribution in [2.75, 3.05) is 7.05 Å². The van der Waals surface area contributed by atoms with Crippen LogP contribution in [0.1, 0.15) is 17.2 Å². The van der Waals surface area contributed by atoms with Crippen LogP contribution in [0, 0.1) is 11.6 Å². The topological polar surface area (TPSA) is 12.0 Å². The van der Waals surface area contributed by atoms with Crippen LogP contribution in [0.4, 0.5) is 8.78 Å². The number of hydrogen-bond acceptors (Lipinski definition) is 1. The van der Waals surface area contributed by atoms with Crippen molar-refractivity contribution in [2.24, 2.45) is 0 Å². The van der Waals surface area contributed by atoms with E-state index in [0.717, 1.165) is 5.56 Å². The van der Waals surface area contributed by atoms with Crippen LogP contribution >= 0.6 is 31.9 Å². The Bertz CT molecular complexity index is 602. The molecule has 100 valence electrons. The lowest BCUT2D eigenvalue weighted by atomic mass is 9.98. The Kier molecular flexibility index (Phi) is 4.71. The van der Waals surface area contributed by atoms with Gasteiger partial charge in [0, 0.05) is 10.0 Å². The highest BCUT2D eigenvalue weighted by Gasteiger charge is 2.19. The van der Waals surface area contributed by atoms with Gasteiger partial charge >= 0.3 is 0 Å². The number of halogens is 4. The summed E-state index contributed by atoms with van der Waals surface area (Å²) in [5.74, 6) is -0.654. The Hall–Kier alpha value is -0.780. The molecule has 0 aliphatic carbocycles. The fourth-order valence-corrected chi connectivity index (χ4v) is 2.92. The summed E-state index contributed by atoms with van der Waals surface area (Å²) in [6, 6.07) is 9.14. The van der Waals surface area contributed by atoms with Crippen molar-refractivity contribution in [3.05, 3.63) is 68.1 Å². The fraction of sp³-hybridized carbons (Fsp3) is 0.143. The molecule has 2 rings (SSSR count). The van der Waals surface area contributed by atoms with E-state index in [0.29, 0.717) is 14.5 Å². The molecule has 5 heteroatoms. The molecule has 0 radical (unpaired) electrons. The third-order valence-electron chi connectivity index (χ3n) is 2.85. The molecule has 0 heterocycles. The van der Waals surface area contributed by atoms with Crippen LogP contribution < -0.4 is 5.32 Å². The molecule has 0 saturated heterocycles. The molecule has 1 atom stereocenters. The van der Waals surface area contributed by atoms with Crippen molar-refractivity contribution in [1.82, 2.24) is 5.32 Å². The molecule has 2 aromatic carbocycles. The van der Waals surface area contributed by atoms with Gasteiger partial charge in [-0.1, -0.05) is 34.1 Å². The summed E-state index contributed by atoms with van der Waals surface area (Å²) in [7, 11) is 1.74. The third kappa shape index (κ3) is 3.04. The highest BCUT2D eigenvalue weighted by Crippen LogP contribution is 2.32. The SMILES string of the molecule is CNC(c1ccc(F)cc1Br)c1cccc(Br)c1F. The van der Waals surface area contributed by atoms with E-state index >= 15 is 0 Å². The van der Waals surface area contributed by atoms with Gasteiger partial charge < -0.3 is 5.32 Å². The standard InChI is InChI=1S/C14H11Br2F2N/c1-19-14(9-6-5-8(17)7-12(9)16)10-3-2-4-11(15)13(10)18/h2-7,14,19H,1H3. The van der Waals surface area contributed by atoms with E-state index in [2.05, 4.69) is 37.2 Å². The van der Waals surface area contributed by atoms with E-state index in [1.165, 1.54) is 12.1 Å². The average molecular weight is 391 g/mol. The fourth-order valence-electron chi connectivity index (χ4n) is 1.96. The van der Waals surface area contributed by atoms with E-state index in [9.17, 15) is 8.78 Å². The second kappa shape index (κ2) is 6.11. The van der Waals surface area contributed by atoms with Crippen molar-refractivity contribution in [2.45, 2.75) is 6.04 Å². The summed E-state index contributed by atoms with van der Waals surface area (Å²) >= 11 is 6.49. The number of hydrogen-bond donors (Lipinski definition) is 1. The highest BCUT2D eigenvalue weighted by molar-refractivity contribution is 9.10. The first-order valence-electron chi connectivity index (χ1n) is 5.60. The van der Waals surface area contributed by atoms with Crippen LogP contribution in [0.3, 0.4) is 0 Å². The average Bonchev–Trinajstić information content (AvgIpc) is 2.37. The van der Waals surface area contributed by atoms with Gasteiger partial charge in [-0.3, -0.25) is 0 Å². The predicted molar refractivity (Wildman–Crippen MR) is 79.1 cm³/mol. The molecule has 1 unspecified atom stereocenters. The first-order valence-corrected chi connectivity index (χ1v) is 7.19. The molecular weight excluding hydrogens is 380 g/mol. The zero-order chi connectivity index (χ0) is 14.0. The molecule has 1 N–H and O–H groups in total. The molecule has 19 heavy (non-hydrogen) atoms. The van der Waals surface area contributed by atoms with Gasteiger partial charge in [0.05, 0.1) is 10.5 Å². The van der Waals surface area contributed by atoms with Crippen LogP contribution in [-0.4, -0.2) is 7.05 Å². The van der Waals surface area contributed by atoms with Crippen molar-refractivity contribution >= 4 is 31.9 Å². The normalized spacial score (nSPS) is 12.5. The van der Waals surface area contributed by atoms with Crippen molar-refractivity contribution in [3.8, 4) is 0 Å². The summed E-state index contributed by atoms with van der Waals surface area (Å²) in [5, 5.41) is 3.05. The Balaban J connectivity index is 2.53. The van der Waals surface area contributed by atoms with E-state index in [-0.39, 0.29) is 17.7 Å². The van der Waals surface area contributed by atoms with Gasteiger partial charge in [0.15, 0.2) is 0 Å². The summed E-state index contributed by atoms with van der Waals surface area (Å²) in [6.45, 7) is 0. The Morgan fingerprint density at radius 1 is 1.00 bits per heavy atom. The summed E-state index contributed by atoms with van der Waals surface area (Å²) in [5.41, 5.74) is 1.28. The molecule has 0 fully saturated rings. The van der Waals surface area contributed by atoms with E-state index in [1.54, 1.807) is 31.3 Å². The van der Waals surface area contributed by atoms with Gasteiger partial charge in [-0.2, -0.15) is 0 Å². The van der Waals surface area contributed by atoms with E-state index < -0.39 is 0 Å².